The van der Waals surface area contributed by atoms with Crippen molar-refractivity contribution in [1.82, 2.24) is 10.3 Å². The summed E-state index contributed by atoms with van der Waals surface area (Å²) < 4.78 is 5.15. The van der Waals surface area contributed by atoms with E-state index in [1.54, 1.807) is 13.3 Å². The molecule has 1 aromatic heterocycles. The highest BCUT2D eigenvalue weighted by atomic mass is 32.1. The van der Waals surface area contributed by atoms with Crippen LogP contribution in [-0.2, 0) is 0 Å². The number of thiazole rings is 1. The number of aromatic nitrogens is 1. The van der Waals surface area contributed by atoms with Gasteiger partial charge in [0.2, 0.25) is 0 Å². The number of amides is 1. The van der Waals surface area contributed by atoms with Gasteiger partial charge in [-0.25, -0.2) is 4.98 Å². The van der Waals surface area contributed by atoms with Crippen molar-refractivity contribution < 1.29 is 9.53 Å². The Labute approximate surface area is 139 Å². The third kappa shape index (κ3) is 3.89. The van der Waals surface area contributed by atoms with Gasteiger partial charge in [0.05, 0.1) is 13.3 Å². The minimum Gasteiger partial charge on any atom is -0.497 e. The Morgan fingerprint density at radius 2 is 1.96 bits per heavy atom. The van der Waals surface area contributed by atoms with E-state index in [1.807, 2.05) is 24.3 Å². The fraction of sp³-hybridized carbons (Fsp3) is 0.412. The maximum atomic E-state index is 12.3. The zero-order chi connectivity index (χ0) is 16.2. The van der Waals surface area contributed by atoms with E-state index >= 15 is 0 Å². The Morgan fingerprint density at radius 1 is 1.26 bits per heavy atom. The normalized spacial score (nSPS) is 21.0. The highest BCUT2D eigenvalue weighted by molar-refractivity contribution is 7.16. The zero-order valence-electron chi connectivity index (χ0n) is 13.1. The van der Waals surface area contributed by atoms with E-state index in [0.717, 1.165) is 42.0 Å². The first kappa shape index (κ1) is 16.0. The first-order valence-electron chi connectivity index (χ1n) is 7.82. The summed E-state index contributed by atoms with van der Waals surface area (Å²) in [7, 11) is 1.64. The van der Waals surface area contributed by atoms with Crippen molar-refractivity contribution in [3.05, 3.63) is 35.3 Å². The Bertz CT molecular complexity index is 661. The van der Waals surface area contributed by atoms with Crippen LogP contribution in [0.4, 0.5) is 0 Å². The highest BCUT2D eigenvalue weighted by Crippen LogP contribution is 2.27. The fourth-order valence-corrected chi connectivity index (χ4v) is 3.59. The summed E-state index contributed by atoms with van der Waals surface area (Å²) in [4.78, 5) is 17.4. The molecule has 23 heavy (non-hydrogen) atoms. The van der Waals surface area contributed by atoms with Gasteiger partial charge in [-0.15, -0.1) is 11.3 Å². The molecule has 3 N–H and O–H groups in total. The molecule has 0 unspecified atom stereocenters. The van der Waals surface area contributed by atoms with E-state index in [1.165, 1.54) is 11.3 Å². The molecule has 0 spiro atoms. The number of hydrogen-bond donors (Lipinski definition) is 2. The smallest absolute Gasteiger partial charge is 0.263 e. The second-order valence-corrected chi connectivity index (χ2v) is 6.87. The van der Waals surface area contributed by atoms with Crippen molar-refractivity contribution in [3.8, 4) is 16.3 Å². The van der Waals surface area contributed by atoms with Crippen LogP contribution in [0.15, 0.2) is 30.5 Å². The molecule has 0 atom stereocenters. The molecule has 2 aromatic rings. The summed E-state index contributed by atoms with van der Waals surface area (Å²) >= 11 is 1.41. The van der Waals surface area contributed by atoms with E-state index in [9.17, 15) is 4.79 Å². The molecule has 1 aliphatic carbocycles. The van der Waals surface area contributed by atoms with Crippen LogP contribution in [-0.4, -0.2) is 30.1 Å². The second kappa shape index (κ2) is 7.10. The Balaban J connectivity index is 1.64. The van der Waals surface area contributed by atoms with Gasteiger partial charge in [0, 0.05) is 17.6 Å². The van der Waals surface area contributed by atoms with Crippen molar-refractivity contribution >= 4 is 17.2 Å². The summed E-state index contributed by atoms with van der Waals surface area (Å²) in [6, 6.07) is 8.19. The summed E-state index contributed by atoms with van der Waals surface area (Å²) in [5, 5.41) is 3.93. The van der Waals surface area contributed by atoms with Crippen LogP contribution in [0, 0.1) is 0 Å². The number of carbonyl (C=O) groups excluding carboxylic acids is 1. The predicted molar refractivity (Wildman–Crippen MR) is 91.8 cm³/mol. The van der Waals surface area contributed by atoms with Gasteiger partial charge in [-0.2, -0.15) is 0 Å². The third-order valence-electron chi connectivity index (χ3n) is 4.17. The van der Waals surface area contributed by atoms with Gasteiger partial charge in [0.15, 0.2) is 0 Å². The van der Waals surface area contributed by atoms with Crippen molar-refractivity contribution in [3.63, 3.8) is 0 Å². The van der Waals surface area contributed by atoms with Crippen LogP contribution < -0.4 is 15.8 Å². The molecule has 1 amide bonds. The SMILES string of the molecule is COc1ccc(-c2ncc(C(=O)NC3CCC(N)CC3)s2)cc1. The summed E-state index contributed by atoms with van der Waals surface area (Å²) in [6.45, 7) is 0. The van der Waals surface area contributed by atoms with Crippen LogP contribution >= 0.6 is 11.3 Å². The maximum absolute atomic E-state index is 12.3. The number of benzene rings is 1. The largest absolute Gasteiger partial charge is 0.497 e. The van der Waals surface area contributed by atoms with E-state index in [-0.39, 0.29) is 18.0 Å². The molecule has 1 heterocycles. The van der Waals surface area contributed by atoms with Crippen molar-refractivity contribution in [2.75, 3.05) is 7.11 Å². The lowest BCUT2D eigenvalue weighted by Crippen LogP contribution is -2.40. The molecule has 1 saturated carbocycles. The van der Waals surface area contributed by atoms with Crippen LogP contribution in [0.2, 0.25) is 0 Å². The first-order chi connectivity index (χ1) is 11.2. The first-order valence-corrected chi connectivity index (χ1v) is 8.64. The van der Waals surface area contributed by atoms with Gasteiger partial charge in [-0.3, -0.25) is 4.79 Å². The summed E-state index contributed by atoms with van der Waals surface area (Å²) in [5.74, 6) is 0.765. The van der Waals surface area contributed by atoms with Gasteiger partial charge in [-0.1, -0.05) is 0 Å². The molecule has 5 nitrogen and oxygen atoms in total. The molecule has 6 heteroatoms. The molecule has 122 valence electrons. The van der Waals surface area contributed by atoms with Gasteiger partial charge >= 0.3 is 0 Å². The molecule has 0 aliphatic heterocycles. The van der Waals surface area contributed by atoms with Crippen LogP contribution in [0.5, 0.6) is 5.75 Å². The quantitative estimate of drug-likeness (QED) is 0.903. The highest BCUT2D eigenvalue weighted by Gasteiger charge is 2.21. The monoisotopic (exact) mass is 331 g/mol. The number of nitrogens with two attached hydrogens (primary N) is 1. The Morgan fingerprint density at radius 3 is 2.61 bits per heavy atom. The van der Waals surface area contributed by atoms with E-state index in [2.05, 4.69) is 10.3 Å². The van der Waals surface area contributed by atoms with Crippen LogP contribution in [0.1, 0.15) is 35.4 Å². The molecule has 0 bridgehead atoms. The van der Waals surface area contributed by atoms with Gasteiger partial charge < -0.3 is 15.8 Å². The van der Waals surface area contributed by atoms with E-state index in [4.69, 9.17) is 10.5 Å². The van der Waals surface area contributed by atoms with Crippen LogP contribution in [0.25, 0.3) is 10.6 Å². The second-order valence-electron chi connectivity index (χ2n) is 5.84. The van der Waals surface area contributed by atoms with Gasteiger partial charge in [0.25, 0.3) is 5.91 Å². The molecule has 0 saturated heterocycles. The lowest BCUT2D eigenvalue weighted by molar-refractivity contribution is 0.0930. The molecular weight excluding hydrogens is 310 g/mol. The Kier molecular flexibility index (Phi) is 4.93. The van der Waals surface area contributed by atoms with Gasteiger partial charge in [0.1, 0.15) is 15.6 Å². The number of carbonyl (C=O) groups is 1. The Hall–Kier alpha value is -1.92. The van der Waals surface area contributed by atoms with Crippen LogP contribution in [0.3, 0.4) is 0 Å². The lowest BCUT2D eigenvalue weighted by atomic mass is 9.92. The predicted octanol–water partition coefficient (Wildman–Crippen LogP) is 2.82. The summed E-state index contributed by atoms with van der Waals surface area (Å²) in [6.07, 6.45) is 5.51. The zero-order valence-corrected chi connectivity index (χ0v) is 13.9. The topological polar surface area (TPSA) is 77.2 Å². The number of nitrogens with one attached hydrogen (secondary N) is 1. The fourth-order valence-electron chi connectivity index (χ4n) is 2.77. The molecule has 3 rings (SSSR count). The lowest BCUT2D eigenvalue weighted by Gasteiger charge is -2.26. The molecule has 0 radical (unpaired) electrons. The van der Waals surface area contributed by atoms with E-state index in [0.29, 0.717) is 4.88 Å². The minimum atomic E-state index is -0.0391. The number of hydrogen-bond acceptors (Lipinski definition) is 5. The van der Waals surface area contributed by atoms with E-state index < -0.39 is 0 Å². The number of rotatable bonds is 4. The summed E-state index contributed by atoms with van der Waals surface area (Å²) in [5.41, 5.74) is 6.88. The number of methoxy groups -OCH3 is 1. The molecule has 1 fully saturated rings. The standard InChI is InChI=1S/C17H21N3O2S/c1-22-14-8-2-11(3-9-14)17-19-10-15(23-17)16(21)20-13-6-4-12(18)5-7-13/h2-3,8-10,12-13H,4-7,18H2,1H3,(H,20,21). The van der Waals surface area contributed by atoms with Crippen molar-refractivity contribution in [2.24, 2.45) is 5.73 Å². The van der Waals surface area contributed by atoms with Gasteiger partial charge in [-0.05, 0) is 49.9 Å². The maximum Gasteiger partial charge on any atom is 0.263 e. The molecular formula is C17H21N3O2S. The molecule has 1 aromatic carbocycles. The number of nitrogens with zero attached hydrogens (tertiary/aromatic N) is 1. The minimum absolute atomic E-state index is 0.0391. The number of ether oxygens (including phenoxy) is 1. The molecule has 1 aliphatic rings. The van der Waals surface area contributed by atoms with Crippen molar-refractivity contribution in [2.45, 2.75) is 37.8 Å². The average Bonchev–Trinajstić information content (AvgIpc) is 3.07. The van der Waals surface area contributed by atoms with Crippen molar-refractivity contribution in [1.29, 1.82) is 0 Å². The third-order valence-corrected chi connectivity index (χ3v) is 5.22. The average molecular weight is 331 g/mol.